The lowest BCUT2D eigenvalue weighted by Gasteiger charge is -2.43. The number of aromatic nitrogens is 3. The van der Waals surface area contributed by atoms with E-state index in [0.717, 1.165) is 24.3 Å². The molecule has 228 valence electrons. The van der Waals surface area contributed by atoms with E-state index in [9.17, 15) is 19.2 Å². The van der Waals surface area contributed by atoms with Crippen molar-refractivity contribution in [2.24, 2.45) is 0 Å². The van der Waals surface area contributed by atoms with Gasteiger partial charge in [-0.25, -0.2) is 4.68 Å². The van der Waals surface area contributed by atoms with E-state index in [0.29, 0.717) is 65.3 Å². The average molecular weight is 616 g/mol. The molecule has 12 heteroatoms. The molecule has 2 N–H and O–H groups in total. The Morgan fingerprint density at radius 1 is 1.07 bits per heavy atom. The summed E-state index contributed by atoms with van der Waals surface area (Å²) < 4.78 is 3.47. The Labute approximate surface area is 259 Å². The molecule has 4 aromatic rings. The summed E-state index contributed by atoms with van der Waals surface area (Å²) in [6, 6.07) is 12.1. The number of Topliss-reactive ketones (excluding diaryl/α,β-unsaturated/α-hetero) is 1. The van der Waals surface area contributed by atoms with Gasteiger partial charge in [0.05, 0.1) is 28.7 Å². The number of piperazine rings is 2. The number of hydrogen-bond acceptors (Lipinski definition) is 6. The highest BCUT2D eigenvalue weighted by molar-refractivity contribution is 6.31. The largest absolute Gasteiger partial charge is 0.353 e. The molecule has 2 saturated heterocycles. The van der Waals surface area contributed by atoms with Crippen molar-refractivity contribution in [3.63, 3.8) is 0 Å². The maximum Gasteiger partial charge on any atom is 0.257 e. The average Bonchev–Trinajstić information content (AvgIpc) is 3.57. The zero-order valence-corrected chi connectivity index (χ0v) is 25.4. The highest BCUT2D eigenvalue weighted by atomic mass is 35.5. The van der Waals surface area contributed by atoms with E-state index < -0.39 is 0 Å². The lowest BCUT2D eigenvalue weighted by molar-refractivity contribution is -0.140. The summed E-state index contributed by atoms with van der Waals surface area (Å²) in [5.41, 5.74) is 3.82. The third-order valence-corrected chi connectivity index (χ3v) is 8.63. The molecule has 1 atom stereocenters. The monoisotopic (exact) mass is 615 g/mol. The van der Waals surface area contributed by atoms with E-state index in [2.05, 4.69) is 20.6 Å². The molecule has 0 bridgehead atoms. The highest BCUT2D eigenvalue weighted by Crippen LogP contribution is 2.27. The standard InChI is InChI=1S/C32H34ClN7O4/c1-3-4-29(41)25-16-35-40(20(25)2)23-8-6-22(7-9-23)36-31(43)26-17-39(27-10-5-21(33)15-24(26)27)19-30(42)38-14-13-37-12-11-34-32(44)28(37)18-38/h5-10,15-17,28H,3-4,11-14,18-19H2,1-2H3,(H,34,44)(H,36,43). The van der Waals surface area contributed by atoms with Crippen LogP contribution in [0.4, 0.5) is 5.69 Å². The molecule has 2 aromatic heterocycles. The van der Waals surface area contributed by atoms with E-state index in [1.165, 1.54) is 0 Å². The van der Waals surface area contributed by atoms with Crippen molar-refractivity contribution < 1.29 is 19.2 Å². The number of halogens is 1. The minimum absolute atomic E-state index is 0.0282. The highest BCUT2D eigenvalue weighted by Gasteiger charge is 2.36. The molecule has 0 radical (unpaired) electrons. The second kappa shape index (κ2) is 12.3. The molecule has 1 unspecified atom stereocenters. The lowest BCUT2D eigenvalue weighted by Crippen LogP contribution is -2.64. The first-order chi connectivity index (χ1) is 21.2. The zero-order valence-electron chi connectivity index (χ0n) is 24.7. The first kappa shape index (κ1) is 29.6. The molecule has 44 heavy (non-hydrogen) atoms. The Hall–Kier alpha value is -4.48. The second-order valence-corrected chi connectivity index (χ2v) is 11.7. The maximum absolute atomic E-state index is 13.5. The van der Waals surface area contributed by atoms with Crippen LogP contribution < -0.4 is 10.6 Å². The summed E-state index contributed by atoms with van der Waals surface area (Å²) in [6.45, 7) is 6.81. The van der Waals surface area contributed by atoms with Crippen LogP contribution in [0.3, 0.4) is 0 Å². The number of fused-ring (bicyclic) bond motifs is 2. The number of carbonyl (C=O) groups is 4. The molecule has 2 fully saturated rings. The minimum Gasteiger partial charge on any atom is -0.353 e. The number of nitrogens with zero attached hydrogens (tertiary/aromatic N) is 5. The van der Waals surface area contributed by atoms with E-state index >= 15 is 0 Å². The fraction of sp³-hybridized carbons (Fsp3) is 0.344. The van der Waals surface area contributed by atoms with Crippen molar-refractivity contribution in [2.75, 3.05) is 38.0 Å². The van der Waals surface area contributed by atoms with Gasteiger partial charge in [0.25, 0.3) is 5.91 Å². The normalized spacial score (nSPS) is 16.9. The van der Waals surface area contributed by atoms with Crippen molar-refractivity contribution >= 4 is 51.7 Å². The molecule has 2 aromatic carbocycles. The van der Waals surface area contributed by atoms with Gasteiger partial charge in [-0.15, -0.1) is 0 Å². The number of rotatable bonds is 8. The first-order valence-corrected chi connectivity index (χ1v) is 15.2. The summed E-state index contributed by atoms with van der Waals surface area (Å²) in [7, 11) is 0. The Bertz CT molecular complexity index is 1760. The van der Waals surface area contributed by atoms with Crippen LogP contribution in [0.1, 0.15) is 46.2 Å². The Balaban J connectivity index is 1.19. The second-order valence-electron chi connectivity index (χ2n) is 11.2. The molecule has 0 aliphatic carbocycles. The summed E-state index contributed by atoms with van der Waals surface area (Å²) in [4.78, 5) is 55.5. The van der Waals surface area contributed by atoms with Gasteiger partial charge in [-0.3, -0.25) is 24.1 Å². The summed E-state index contributed by atoms with van der Waals surface area (Å²) in [5.74, 6) is -0.439. The number of anilines is 1. The van der Waals surface area contributed by atoms with E-state index in [1.54, 1.807) is 56.9 Å². The molecule has 6 rings (SSSR count). The smallest absolute Gasteiger partial charge is 0.257 e. The van der Waals surface area contributed by atoms with Gasteiger partial charge < -0.3 is 20.1 Å². The van der Waals surface area contributed by atoms with Crippen molar-refractivity contribution in [1.82, 2.24) is 29.5 Å². The van der Waals surface area contributed by atoms with Crippen LogP contribution in [0.2, 0.25) is 5.02 Å². The number of benzene rings is 2. The quantitative estimate of drug-likeness (QED) is 0.292. The van der Waals surface area contributed by atoms with Gasteiger partial charge in [0.15, 0.2) is 5.78 Å². The van der Waals surface area contributed by atoms with Crippen LogP contribution in [0.15, 0.2) is 54.9 Å². The number of ketones is 1. The van der Waals surface area contributed by atoms with Crippen molar-refractivity contribution in [2.45, 2.75) is 39.3 Å². The number of amides is 3. The van der Waals surface area contributed by atoms with Crippen molar-refractivity contribution in [3.05, 3.63) is 76.7 Å². The molecular formula is C32H34ClN7O4. The van der Waals surface area contributed by atoms with Gasteiger partial charge in [-0.2, -0.15) is 5.10 Å². The topological polar surface area (TPSA) is 122 Å². The van der Waals surface area contributed by atoms with Crippen LogP contribution in [0, 0.1) is 6.92 Å². The number of nitrogens with one attached hydrogen (secondary N) is 2. The molecule has 2 aliphatic heterocycles. The zero-order chi connectivity index (χ0) is 31.0. The number of carbonyl (C=O) groups excluding carboxylic acids is 4. The first-order valence-electron chi connectivity index (χ1n) is 14.8. The van der Waals surface area contributed by atoms with E-state index in [1.807, 2.05) is 26.0 Å². The summed E-state index contributed by atoms with van der Waals surface area (Å²) in [5, 5.41) is 11.3. The molecule has 0 saturated carbocycles. The lowest BCUT2D eigenvalue weighted by atomic mass is 10.1. The third-order valence-electron chi connectivity index (χ3n) is 8.40. The Morgan fingerprint density at radius 2 is 1.86 bits per heavy atom. The van der Waals surface area contributed by atoms with Gasteiger partial charge in [0.2, 0.25) is 11.8 Å². The fourth-order valence-electron chi connectivity index (χ4n) is 6.02. The predicted molar refractivity (Wildman–Crippen MR) is 167 cm³/mol. The van der Waals surface area contributed by atoms with Gasteiger partial charge in [-0.05, 0) is 55.8 Å². The van der Waals surface area contributed by atoms with E-state index in [4.69, 9.17) is 11.6 Å². The molecule has 4 heterocycles. The van der Waals surface area contributed by atoms with Crippen LogP contribution in [-0.2, 0) is 16.1 Å². The third kappa shape index (κ3) is 5.72. The molecule has 2 aliphatic rings. The van der Waals surface area contributed by atoms with Gasteiger partial charge >= 0.3 is 0 Å². The predicted octanol–water partition coefficient (Wildman–Crippen LogP) is 3.67. The van der Waals surface area contributed by atoms with Crippen LogP contribution in [0.25, 0.3) is 16.6 Å². The van der Waals surface area contributed by atoms with Gasteiger partial charge in [0.1, 0.15) is 12.6 Å². The van der Waals surface area contributed by atoms with Gasteiger partial charge in [-0.1, -0.05) is 18.5 Å². The van der Waals surface area contributed by atoms with Crippen molar-refractivity contribution in [3.8, 4) is 5.69 Å². The van der Waals surface area contributed by atoms with Crippen LogP contribution in [0.5, 0.6) is 0 Å². The minimum atomic E-state index is -0.341. The van der Waals surface area contributed by atoms with Crippen LogP contribution in [-0.4, -0.2) is 86.4 Å². The van der Waals surface area contributed by atoms with Crippen LogP contribution >= 0.6 is 11.6 Å². The Kier molecular flexibility index (Phi) is 8.24. The maximum atomic E-state index is 13.5. The molecule has 3 amide bonds. The summed E-state index contributed by atoms with van der Waals surface area (Å²) >= 11 is 6.31. The van der Waals surface area contributed by atoms with Crippen molar-refractivity contribution in [1.29, 1.82) is 0 Å². The SMILES string of the molecule is CCCC(=O)c1cnn(-c2ccc(NC(=O)c3cn(CC(=O)N4CCN5CCNC(=O)C5C4)c4ccc(Cl)cc34)cc2)c1C. The molecule has 11 nitrogen and oxygen atoms in total. The van der Waals surface area contributed by atoms with E-state index in [-0.39, 0.29) is 36.1 Å². The summed E-state index contributed by atoms with van der Waals surface area (Å²) in [6.07, 6.45) is 4.52. The van der Waals surface area contributed by atoms with Gasteiger partial charge in [0, 0.05) is 67.0 Å². The number of hydrogen-bond donors (Lipinski definition) is 2. The molecular weight excluding hydrogens is 582 g/mol. The Morgan fingerprint density at radius 3 is 2.64 bits per heavy atom. The fourth-order valence-corrected chi connectivity index (χ4v) is 6.19. The molecule has 0 spiro atoms.